The Morgan fingerprint density at radius 3 is 2.53 bits per heavy atom. The third kappa shape index (κ3) is 2.28. The normalized spacial score (nSPS) is 46.8. The molecule has 0 radical (unpaired) electrons. The van der Waals surface area contributed by atoms with E-state index >= 15 is 0 Å². The Morgan fingerprint density at radius 2 is 2.07 bits per heavy atom. The summed E-state index contributed by atoms with van der Waals surface area (Å²) >= 11 is 0. The van der Waals surface area contributed by atoms with E-state index in [1.807, 2.05) is 0 Å². The number of aliphatic hydroxyl groups excluding tert-OH is 3. The fraction of sp³-hybridized carbons (Fsp3) is 1.00. The molecule has 7 heteroatoms. The van der Waals surface area contributed by atoms with Crippen LogP contribution in [0.15, 0.2) is 0 Å². The second-order valence-electron chi connectivity index (χ2n) is 3.47. The van der Waals surface area contributed by atoms with E-state index in [9.17, 15) is 15.3 Å². The fourth-order valence-corrected chi connectivity index (χ4v) is 1.44. The van der Waals surface area contributed by atoms with Gasteiger partial charge in [-0.2, -0.15) is 0 Å². The lowest BCUT2D eigenvalue weighted by Gasteiger charge is -2.45. The van der Waals surface area contributed by atoms with Crippen molar-refractivity contribution in [1.82, 2.24) is 0 Å². The van der Waals surface area contributed by atoms with Crippen molar-refractivity contribution in [3.63, 3.8) is 0 Å². The second-order valence-corrected chi connectivity index (χ2v) is 3.47. The van der Waals surface area contributed by atoms with Gasteiger partial charge in [-0.25, -0.2) is 0 Å². The maximum Gasteiger partial charge on any atom is 0.203 e. The lowest BCUT2D eigenvalue weighted by molar-refractivity contribution is -0.339. The third-order valence-corrected chi connectivity index (χ3v) is 2.35. The van der Waals surface area contributed by atoms with Gasteiger partial charge in [-0.05, 0) is 6.92 Å². The number of hydrogen-bond donors (Lipinski definition) is 5. The van der Waals surface area contributed by atoms with E-state index in [0.717, 1.165) is 0 Å². The summed E-state index contributed by atoms with van der Waals surface area (Å²) in [5.74, 6) is 0. The highest BCUT2D eigenvalue weighted by Crippen LogP contribution is 2.26. The summed E-state index contributed by atoms with van der Waals surface area (Å²) in [6, 6.07) is 0. The first kappa shape index (κ1) is 12.8. The molecule has 5 atom stereocenters. The van der Waals surface area contributed by atoms with Gasteiger partial charge in [0.25, 0.3) is 0 Å². The molecule has 0 unspecified atom stereocenters. The zero-order valence-corrected chi connectivity index (χ0v) is 8.41. The molecule has 1 heterocycles. The molecule has 0 aliphatic carbocycles. The highest BCUT2D eigenvalue weighted by Gasteiger charge is 2.53. The van der Waals surface area contributed by atoms with Crippen molar-refractivity contribution in [3.8, 4) is 0 Å². The van der Waals surface area contributed by atoms with Gasteiger partial charge >= 0.3 is 0 Å². The van der Waals surface area contributed by atoms with Crippen LogP contribution in [-0.2, 0) is 9.47 Å². The summed E-state index contributed by atoms with van der Waals surface area (Å²) in [6.07, 6.45) is -5.40. The molecule has 1 aliphatic rings. The van der Waals surface area contributed by atoms with Gasteiger partial charge in [0, 0.05) is 6.61 Å². The number of aliphatic hydroxyl groups is 4. The molecule has 0 bridgehead atoms. The first-order chi connectivity index (χ1) is 6.95. The first-order valence-electron chi connectivity index (χ1n) is 4.70. The van der Waals surface area contributed by atoms with Gasteiger partial charge in [0.15, 0.2) is 5.72 Å². The molecule has 1 fully saturated rings. The van der Waals surface area contributed by atoms with Gasteiger partial charge in [-0.1, -0.05) is 0 Å². The number of rotatable bonds is 3. The summed E-state index contributed by atoms with van der Waals surface area (Å²) in [4.78, 5) is 0. The number of ether oxygens (including phenoxy) is 2. The van der Waals surface area contributed by atoms with Crippen LogP contribution in [0.4, 0.5) is 0 Å². The quantitative estimate of drug-likeness (QED) is 0.325. The standard InChI is InChI=1S/C8H17NO6/c1-2-14-7-8(9,13)6(12)5(11)4(3-10)15-7/h4-7,10-13H,2-3,9H2,1H3/t4-,5+,6+,7-,8-/m1/s1. The van der Waals surface area contributed by atoms with Crippen molar-refractivity contribution in [1.29, 1.82) is 0 Å². The largest absolute Gasteiger partial charge is 0.394 e. The van der Waals surface area contributed by atoms with Crippen LogP contribution >= 0.6 is 0 Å². The molecule has 90 valence electrons. The summed E-state index contributed by atoms with van der Waals surface area (Å²) < 4.78 is 9.99. The second kappa shape index (κ2) is 4.71. The smallest absolute Gasteiger partial charge is 0.203 e. The molecule has 1 aliphatic heterocycles. The Bertz CT molecular complexity index is 211. The van der Waals surface area contributed by atoms with Gasteiger partial charge in [0.1, 0.15) is 18.3 Å². The van der Waals surface area contributed by atoms with E-state index in [0.29, 0.717) is 0 Å². The molecule has 1 rings (SSSR count). The third-order valence-electron chi connectivity index (χ3n) is 2.35. The SMILES string of the molecule is CCO[C@@H]1O[C@H](CO)[C@H](O)[C@H](O)[C@@]1(N)O. The maximum absolute atomic E-state index is 9.65. The van der Waals surface area contributed by atoms with Crippen molar-refractivity contribution in [2.24, 2.45) is 5.73 Å². The molecule has 1 saturated heterocycles. The zero-order valence-electron chi connectivity index (χ0n) is 8.41. The summed E-state index contributed by atoms with van der Waals surface area (Å²) in [5.41, 5.74) is 3.18. The first-order valence-corrected chi connectivity index (χ1v) is 4.70. The molecule has 0 amide bonds. The molecule has 0 aromatic rings. The van der Waals surface area contributed by atoms with E-state index in [-0.39, 0.29) is 6.61 Å². The molecular weight excluding hydrogens is 206 g/mol. The van der Waals surface area contributed by atoms with Crippen molar-refractivity contribution >= 4 is 0 Å². The Balaban J connectivity index is 2.80. The predicted molar refractivity (Wildman–Crippen MR) is 48.5 cm³/mol. The Labute approximate surface area is 87.0 Å². The van der Waals surface area contributed by atoms with E-state index in [4.69, 9.17) is 20.3 Å². The predicted octanol–water partition coefficient (Wildman–Crippen LogP) is -2.89. The Hall–Kier alpha value is -0.280. The highest BCUT2D eigenvalue weighted by atomic mass is 16.7. The fourth-order valence-electron chi connectivity index (χ4n) is 1.44. The highest BCUT2D eigenvalue weighted by molar-refractivity contribution is 4.96. The van der Waals surface area contributed by atoms with Crippen molar-refractivity contribution in [3.05, 3.63) is 0 Å². The van der Waals surface area contributed by atoms with Crippen LogP contribution in [0.5, 0.6) is 0 Å². The van der Waals surface area contributed by atoms with Gasteiger partial charge < -0.3 is 29.9 Å². The van der Waals surface area contributed by atoms with Crippen LogP contribution in [0.1, 0.15) is 6.92 Å². The molecule has 0 aromatic carbocycles. The molecule has 15 heavy (non-hydrogen) atoms. The maximum atomic E-state index is 9.65. The summed E-state index contributed by atoms with van der Waals surface area (Å²) in [6.45, 7) is 1.37. The van der Waals surface area contributed by atoms with Gasteiger partial charge in [0.05, 0.1) is 6.61 Å². The van der Waals surface area contributed by atoms with Crippen LogP contribution in [0.2, 0.25) is 0 Å². The number of hydrogen-bond acceptors (Lipinski definition) is 7. The molecular formula is C8H17NO6. The van der Waals surface area contributed by atoms with Crippen LogP contribution < -0.4 is 5.73 Å². The summed E-state index contributed by atoms with van der Waals surface area (Å²) in [7, 11) is 0. The molecule has 6 N–H and O–H groups in total. The van der Waals surface area contributed by atoms with E-state index in [2.05, 4.69) is 0 Å². The van der Waals surface area contributed by atoms with Crippen LogP contribution in [-0.4, -0.2) is 64.0 Å². The van der Waals surface area contributed by atoms with E-state index in [1.54, 1.807) is 6.92 Å². The van der Waals surface area contributed by atoms with Crippen molar-refractivity contribution < 1.29 is 29.9 Å². The lowest BCUT2D eigenvalue weighted by atomic mass is 9.94. The lowest BCUT2D eigenvalue weighted by Crippen LogP contribution is -2.71. The Morgan fingerprint density at radius 1 is 1.47 bits per heavy atom. The average molecular weight is 223 g/mol. The van der Waals surface area contributed by atoms with Gasteiger partial charge in [-0.15, -0.1) is 0 Å². The van der Waals surface area contributed by atoms with Gasteiger partial charge in [0.2, 0.25) is 6.29 Å². The monoisotopic (exact) mass is 223 g/mol. The molecule has 0 saturated carbocycles. The van der Waals surface area contributed by atoms with Crippen LogP contribution in [0, 0.1) is 0 Å². The van der Waals surface area contributed by atoms with E-state index < -0.39 is 36.9 Å². The molecule has 0 spiro atoms. The minimum absolute atomic E-state index is 0.213. The average Bonchev–Trinajstić information content (AvgIpc) is 2.20. The van der Waals surface area contributed by atoms with Gasteiger partial charge in [-0.3, -0.25) is 5.73 Å². The number of nitrogens with two attached hydrogens (primary N) is 1. The zero-order chi connectivity index (χ0) is 11.6. The minimum Gasteiger partial charge on any atom is -0.394 e. The summed E-state index contributed by atoms with van der Waals surface area (Å²) in [5, 5.41) is 37.5. The van der Waals surface area contributed by atoms with Crippen LogP contribution in [0.3, 0.4) is 0 Å². The van der Waals surface area contributed by atoms with Crippen molar-refractivity contribution in [2.45, 2.75) is 37.3 Å². The van der Waals surface area contributed by atoms with Crippen LogP contribution in [0.25, 0.3) is 0 Å². The molecule has 7 nitrogen and oxygen atoms in total. The van der Waals surface area contributed by atoms with Crippen molar-refractivity contribution in [2.75, 3.05) is 13.2 Å². The topological polar surface area (TPSA) is 125 Å². The minimum atomic E-state index is -2.19. The van der Waals surface area contributed by atoms with E-state index in [1.165, 1.54) is 0 Å². The Kier molecular flexibility index (Phi) is 4.01. The molecule has 0 aromatic heterocycles.